The first-order valence-corrected chi connectivity index (χ1v) is 9.74. The number of nitrogens with zero attached hydrogens (tertiary/aromatic N) is 1. The lowest BCUT2D eigenvalue weighted by Gasteiger charge is -2.43. The van der Waals surface area contributed by atoms with Crippen LogP contribution < -0.4 is 24.0 Å². The number of hydrogen-bond acceptors (Lipinski definition) is 1. The van der Waals surface area contributed by atoms with E-state index in [1.807, 2.05) is 0 Å². The fourth-order valence-corrected chi connectivity index (χ4v) is 4.83. The third-order valence-corrected chi connectivity index (χ3v) is 6.48. The van der Waals surface area contributed by atoms with Crippen molar-refractivity contribution in [2.75, 3.05) is 26.7 Å². The molecule has 0 bridgehead atoms. The second-order valence-corrected chi connectivity index (χ2v) is 8.23. The molecule has 2 fully saturated rings. The van der Waals surface area contributed by atoms with Crippen LogP contribution in [0.5, 0.6) is 0 Å². The average Bonchev–Trinajstić information content (AvgIpc) is 2.62. The minimum Gasteiger partial charge on any atom is -1.00 e. The Balaban J connectivity index is 0.00000208. The fourth-order valence-electron chi connectivity index (χ4n) is 4.83. The first-order valence-electron chi connectivity index (χ1n) is 9.74. The lowest BCUT2D eigenvalue weighted by atomic mass is 9.71. The molecule has 1 aromatic rings. The molecule has 2 aliphatic rings. The molecule has 0 amide bonds. The molecule has 136 valence electrons. The van der Waals surface area contributed by atoms with Crippen molar-refractivity contribution < 1.29 is 33.6 Å². The normalized spacial score (nSPS) is 23.9. The van der Waals surface area contributed by atoms with E-state index in [0.29, 0.717) is 5.92 Å². The summed E-state index contributed by atoms with van der Waals surface area (Å²) in [6, 6.07) is 10.5. The summed E-state index contributed by atoms with van der Waals surface area (Å²) in [6.45, 7) is 3.69. The molecule has 1 aromatic carbocycles. The van der Waals surface area contributed by atoms with Crippen LogP contribution >= 0.6 is 0 Å². The average molecular weight is 443 g/mol. The van der Waals surface area contributed by atoms with Crippen LogP contribution in [0.15, 0.2) is 30.3 Å². The molecular weight excluding hydrogens is 409 g/mol. The molecule has 0 radical (unpaired) electrons. The van der Waals surface area contributed by atoms with Crippen LogP contribution in [-0.4, -0.2) is 36.3 Å². The summed E-state index contributed by atoms with van der Waals surface area (Å²) < 4.78 is 1.15. The molecule has 24 heavy (non-hydrogen) atoms. The number of aliphatic hydroxyl groups is 1. The topological polar surface area (TPSA) is 20.2 Å². The quantitative estimate of drug-likeness (QED) is 0.540. The van der Waals surface area contributed by atoms with E-state index >= 15 is 0 Å². The Hall–Kier alpha value is -0.130. The molecule has 1 saturated carbocycles. The van der Waals surface area contributed by atoms with Gasteiger partial charge < -0.3 is 33.6 Å². The molecule has 1 heterocycles. The summed E-state index contributed by atoms with van der Waals surface area (Å²) in [5.74, 6) is 0.440. The third-order valence-electron chi connectivity index (χ3n) is 6.48. The lowest BCUT2D eigenvalue weighted by molar-refractivity contribution is -0.915. The van der Waals surface area contributed by atoms with Crippen molar-refractivity contribution in [1.29, 1.82) is 0 Å². The Bertz CT molecular complexity index is 480. The zero-order valence-corrected chi connectivity index (χ0v) is 17.4. The Morgan fingerprint density at radius 3 is 2.17 bits per heavy atom. The molecule has 3 rings (SSSR count). The molecule has 1 saturated heterocycles. The molecule has 1 unspecified atom stereocenters. The molecule has 1 N–H and O–H groups in total. The maximum atomic E-state index is 11.7. The summed E-state index contributed by atoms with van der Waals surface area (Å²) in [6.07, 6.45) is 11.3. The van der Waals surface area contributed by atoms with Crippen molar-refractivity contribution in [3.63, 3.8) is 0 Å². The number of piperidine rings is 1. The van der Waals surface area contributed by atoms with E-state index in [1.54, 1.807) is 0 Å². The monoisotopic (exact) mass is 443 g/mol. The third kappa shape index (κ3) is 4.73. The largest absolute Gasteiger partial charge is 1.00 e. The zero-order valence-electron chi connectivity index (χ0n) is 15.2. The van der Waals surface area contributed by atoms with Gasteiger partial charge in [0.2, 0.25) is 0 Å². The van der Waals surface area contributed by atoms with E-state index in [9.17, 15) is 5.11 Å². The maximum absolute atomic E-state index is 11.7. The minimum atomic E-state index is -0.625. The van der Waals surface area contributed by atoms with Crippen LogP contribution in [0.25, 0.3) is 0 Å². The van der Waals surface area contributed by atoms with Crippen LogP contribution in [0.2, 0.25) is 0 Å². The number of rotatable bonds is 5. The molecule has 1 atom stereocenters. The van der Waals surface area contributed by atoms with Crippen molar-refractivity contribution in [2.24, 2.45) is 5.92 Å². The zero-order chi connectivity index (χ0) is 16.2. The minimum absolute atomic E-state index is 0. The van der Waals surface area contributed by atoms with Gasteiger partial charge in [-0.15, -0.1) is 0 Å². The van der Waals surface area contributed by atoms with Gasteiger partial charge in [-0.2, -0.15) is 0 Å². The number of quaternary nitrogens is 1. The summed E-state index contributed by atoms with van der Waals surface area (Å²) in [4.78, 5) is 0. The molecule has 3 heteroatoms. The van der Waals surface area contributed by atoms with Crippen molar-refractivity contribution in [3.05, 3.63) is 35.9 Å². The molecule has 0 aromatic heterocycles. The van der Waals surface area contributed by atoms with E-state index in [0.717, 1.165) is 23.0 Å². The Morgan fingerprint density at radius 1 is 0.958 bits per heavy atom. The van der Waals surface area contributed by atoms with Crippen molar-refractivity contribution in [3.8, 4) is 0 Å². The van der Waals surface area contributed by atoms with E-state index < -0.39 is 5.60 Å². The summed E-state index contributed by atoms with van der Waals surface area (Å²) >= 11 is 0. The van der Waals surface area contributed by atoms with Crippen LogP contribution in [0.4, 0.5) is 0 Å². The van der Waals surface area contributed by atoms with Gasteiger partial charge in [-0.3, -0.25) is 0 Å². The standard InChI is InChI=1S/C21H34NO.HI/c1-22(16-9-4-10-17-22)18-15-21(23,19-11-5-2-6-12-19)20-13-7-3-8-14-20;/h2,5-6,11-12,20,23H,3-4,7-10,13-18H2,1H3;1H/q+1;/p-1. The van der Waals surface area contributed by atoms with Gasteiger partial charge in [-0.1, -0.05) is 49.6 Å². The second kappa shape index (κ2) is 9.00. The predicted octanol–water partition coefficient (Wildman–Crippen LogP) is 1.48. The predicted molar refractivity (Wildman–Crippen MR) is 96.2 cm³/mol. The number of likely N-dealkylation sites (tertiary alicyclic amines) is 1. The van der Waals surface area contributed by atoms with Crippen LogP contribution in [-0.2, 0) is 5.60 Å². The Labute approximate surface area is 165 Å². The Morgan fingerprint density at radius 2 is 1.54 bits per heavy atom. The van der Waals surface area contributed by atoms with Gasteiger partial charge in [-0.05, 0) is 43.6 Å². The molecular formula is C21H34INO. The van der Waals surface area contributed by atoms with E-state index in [4.69, 9.17) is 0 Å². The van der Waals surface area contributed by atoms with Crippen molar-refractivity contribution in [2.45, 2.75) is 63.4 Å². The second-order valence-electron chi connectivity index (χ2n) is 8.23. The van der Waals surface area contributed by atoms with E-state index in [2.05, 4.69) is 37.4 Å². The highest BCUT2D eigenvalue weighted by Gasteiger charge is 2.41. The van der Waals surface area contributed by atoms with Crippen molar-refractivity contribution >= 4 is 0 Å². The number of halogens is 1. The molecule has 1 aliphatic heterocycles. The summed E-state index contributed by atoms with van der Waals surface area (Å²) in [5, 5.41) is 11.7. The van der Waals surface area contributed by atoms with E-state index in [1.165, 1.54) is 64.5 Å². The first-order chi connectivity index (χ1) is 11.1. The highest BCUT2D eigenvalue weighted by Crippen LogP contribution is 2.42. The van der Waals surface area contributed by atoms with Crippen LogP contribution in [0.3, 0.4) is 0 Å². The van der Waals surface area contributed by atoms with Gasteiger partial charge in [0, 0.05) is 6.42 Å². The van der Waals surface area contributed by atoms with Gasteiger partial charge in [-0.25, -0.2) is 0 Å². The highest BCUT2D eigenvalue weighted by molar-refractivity contribution is 5.23. The summed E-state index contributed by atoms with van der Waals surface area (Å²) in [5.41, 5.74) is 0.524. The smallest absolute Gasteiger partial charge is 0.0978 e. The lowest BCUT2D eigenvalue weighted by Crippen LogP contribution is -3.00. The van der Waals surface area contributed by atoms with E-state index in [-0.39, 0.29) is 24.0 Å². The SMILES string of the molecule is C[N+]1(CCC(O)(c2ccccc2)C2CCCCC2)CCCCC1.[I-]. The maximum Gasteiger partial charge on any atom is 0.0978 e. The number of hydrogen-bond donors (Lipinski definition) is 1. The molecule has 2 nitrogen and oxygen atoms in total. The highest BCUT2D eigenvalue weighted by atomic mass is 127. The van der Waals surface area contributed by atoms with Gasteiger partial charge >= 0.3 is 0 Å². The van der Waals surface area contributed by atoms with Crippen molar-refractivity contribution in [1.82, 2.24) is 0 Å². The molecule has 1 aliphatic carbocycles. The van der Waals surface area contributed by atoms with Gasteiger partial charge in [0.25, 0.3) is 0 Å². The number of benzene rings is 1. The molecule has 0 spiro atoms. The van der Waals surface area contributed by atoms with Gasteiger partial charge in [0.1, 0.15) is 0 Å². The van der Waals surface area contributed by atoms with Crippen LogP contribution in [0.1, 0.15) is 63.4 Å². The fraction of sp³-hybridized carbons (Fsp3) is 0.714. The first kappa shape index (κ1) is 20.2. The van der Waals surface area contributed by atoms with Gasteiger partial charge in [0.15, 0.2) is 0 Å². The summed E-state index contributed by atoms with van der Waals surface area (Å²) in [7, 11) is 2.39. The van der Waals surface area contributed by atoms with Crippen LogP contribution in [0, 0.1) is 5.92 Å². The van der Waals surface area contributed by atoms with Gasteiger partial charge in [0.05, 0.1) is 32.3 Å². The Kier molecular flexibility index (Phi) is 7.57.